The van der Waals surface area contributed by atoms with Gasteiger partial charge < -0.3 is 4.55 Å². The quantitative estimate of drug-likeness (QED) is 0.351. The van der Waals surface area contributed by atoms with Crippen molar-refractivity contribution in [3.63, 3.8) is 0 Å². The van der Waals surface area contributed by atoms with Crippen LogP contribution in [0.3, 0.4) is 0 Å². The van der Waals surface area contributed by atoms with Gasteiger partial charge >= 0.3 is 0 Å². The van der Waals surface area contributed by atoms with Crippen LogP contribution in [0.25, 0.3) is 28.0 Å². The van der Waals surface area contributed by atoms with Gasteiger partial charge in [0.05, 0.1) is 29.6 Å². The summed E-state index contributed by atoms with van der Waals surface area (Å²) >= 11 is -1.16. The minimum Gasteiger partial charge on any atom is -0.598 e. The summed E-state index contributed by atoms with van der Waals surface area (Å²) in [4.78, 5) is 20.9. The Morgan fingerprint density at radius 3 is 2.62 bits per heavy atom. The number of benzene rings is 1. The minimum atomic E-state index is -1.16. The molecule has 32 heavy (non-hydrogen) atoms. The molecule has 0 aliphatic rings. The molecule has 1 aromatic carbocycles. The van der Waals surface area contributed by atoms with E-state index in [0.29, 0.717) is 18.1 Å². The number of fused-ring (bicyclic) bond motifs is 1. The van der Waals surface area contributed by atoms with Crippen LogP contribution < -0.4 is 4.72 Å². The van der Waals surface area contributed by atoms with Crippen LogP contribution >= 0.6 is 0 Å². The fraction of sp³-hybridized carbons (Fsp3) is 0.250. The van der Waals surface area contributed by atoms with Crippen molar-refractivity contribution in [2.24, 2.45) is 0 Å². The van der Waals surface area contributed by atoms with E-state index < -0.39 is 11.4 Å². The zero-order valence-corrected chi connectivity index (χ0v) is 19.3. The topological polar surface area (TPSA) is 95.8 Å². The first-order chi connectivity index (χ1) is 15.2. The van der Waals surface area contributed by atoms with Gasteiger partial charge in [-0.2, -0.15) is 5.10 Å². The van der Waals surface area contributed by atoms with Crippen LogP contribution in [0.2, 0.25) is 0 Å². The minimum absolute atomic E-state index is 0.0917. The number of carbonyl (C=O) groups is 1. The van der Waals surface area contributed by atoms with E-state index in [1.807, 2.05) is 63.2 Å². The normalized spacial score (nSPS) is 12.8. The van der Waals surface area contributed by atoms with E-state index in [-0.39, 0.29) is 10.5 Å². The second-order valence-corrected chi connectivity index (χ2v) is 10.5. The van der Waals surface area contributed by atoms with E-state index in [9.17, 15) is 9.35 Å². The van der Waals surface area contributed by atoms with Gasteiger partial charge in [-0.15, -0.1) is 4.72 Å². The standard InChI is InChI=1S/C24H25N5O2S/c1-16(30)20-8-6-10-23(28-20)29-22-13-17(11-12-18(22)14-25-29)21-9-5-7-19(27-21)15-26-32(31)24(2,3)4/h5-14,26H,15H2,1-4H3/t32-/m1/s1. The molecular weight excluding hydrogens is 422 g/mol. The zero-order chi connectivity index (χ0) is 22.9. The predicted molar refractivity (Wildman–Crippen MR) is 127 cm³/mol. The van der Waals surface area contributed by atoms with Crippen molar-refractivity contribution in [1.82, 2.24) is 24.5 Å². The van der Waals surface area contributed by atoms with E-state index in [0.717, 1.165) is 27.9 Å². The molecule has 0 bridgehead atoms. The van der Waals surface area contributed by atoms with Gasteiger partial charge in [-0.25, -0.2) is 9.67 Å². The molecule has 1 N–H and O–H groups in total. The van der Waals surface area contributed by atoms with Crippen LogP contribution in [0, 0.1) is 0 Å². The van der Waals surface area contributed by atoms with Gasteiger partial charge in [-0.3, -0.25) is 9.78 Å². The van der Waals surface area contributed by atoms with Gasteiger partial charge in [-0.05, 0) is 51.1 Å². The Kier molecular flexibility index (Phi) is 6.10. The molecule has 3 aromatic heterocycles. The lowest BCUT2D eigenvalue weighted by Gasteiger charge is -2.23. The highest BCUT2D eigenvalue weighted by Crippen LogP contribution is 2.25. The summed E-state index contributed by atoms with van der Waals surface area (Å²) in [5, 5.41) is 5.43. The molecule has 0 saturated heterocycles. The van der Waals surface area contributed by atoms with Gasteiger partial charge in [0.2, 0.25) is 0 Å². The SMILES string of the molecule is CC(=O)c1cccc(-n2ncc3ccc(-c4cccc(CN[S@+]([O-])C(C)(C)C)n4)cc32)n1. The number of Topliss-reactive ketones (excluding diaryl/α,β-unsaturated/α-hetero) is 1. The van der Waals surface area contributed by atoms with Gasteiger partial charge in [0.25, 0.3) is 0 Å². The second kappa shape index (κ2) is 8.82. The largest absolute Gasteiger partial charge is 0.598 e. The van der Waals surface area contributed by atoms with Crippen molar-refractivity contribution < 1.29 is 9.35 Å². The van der Waals surface area contributed by atoms with Gasteiger partial charge in [0.1, 0.15) is 10.4 Å². The molecule has 0 saturated carbocycles. The smallest absolute Gasteiger partial charge is 0.178 e. The molecule has 7 nitrogen and oxygen atoms in total. The Morgan fingerprint density at radius 1 is 1.09 bits per heavy atom. The lowest BCUT2D eigenvalue weighted by molar-refractivity contribution is 0.101. The maximum absolute atomic E-state index is 12.3. The molecule has 3 heterocycles. The molecule has 164 valence electrons. The number of nitrogens with zero attached hydrogens (tertiary/aromatic N) is 4. The molecule has 0 unspecified atom stereocenters. The van der Waals surface area contributed by atoms with Crippen molar-refractivity contribution in [1.29, 1.82) is 0 Å². The number of rotatable bonds is 6. The van der Waals surface area contributed by atoms with Crippen LogP contribution in [-0.2, 0) is 17.9 Å². The maximum atomic E-state index is 12.3. The number of aromatic nitrogens is 4. The van der Waals surface area contributed by atoms with Gasteiger partial charge in [0, 0.05) is 29.2 Å². The number of hydrogen-bond acceptors (Lipinski definition) is 6. The Bertz CT molecular complexity index is 1280. The van der Waals surface area contributed by atoms with Crippen LogP contribution in [0.15, 0.2) is 60.8 Å². The van der Waals surface area contributed by atoms with E-state index in [4.69, 9.17) is 4.98 Å². The average Bonchev–Trinajstić information content (AvgIpc) is 3.20. The molecule has 1 atom stereocenters. The first kappa shape index (κ1) is 22.1. The summed E-state index contributed by atoms with van der Waals surface area (Å²) in [6.07, 6.45) is 1.77. The van der Waals surface area contributed by atoms with Gasteiger partial charge in [-0.1, -0.05) is 24.3 Å². The molecular formula is C24H25N5O2S. The molecule has 4 rings (SSSR count). The monoisotopic (exact) mass is 447 g/mol. The third-order valence-electron chi connectivity index (χ3n) is 4.93. The third kappa shape index (κ3) is 4.72. The first-order valence-electron chi connectivity index (χ1n) is 10.3. The van der Waals surface area contributed by atoms with Crippen LogP contribution in [0.5, 0.6) is 0 Å². The lowest BCUT2D eigenvalue weighted by Crippen LogP contribution is -2.39. The van der Waals surface area contributed by atoms with Crippen LogP contribution in [-0.4, -0.2) is 34.8 Å². The average molecular weight is 448 g/mol. The summed E-state index contributed by atoms with van der Waals surface area (Å²) in [7, 11) is 0. The third-order valence-corrected chi connectivity index (χ3v) is 6.45. The van der Waals surface area contributed by atoms with Crippen molar-refractivity contribution in [2.75, 3.05) is 0 Å². The van der Waals surface area contributed by atoms with Crippen LogP contribution in [0.1, 0.15) is 43.9 Å². The van der Waals surface area contributed by atoms with E-state index in [2.05, 4.69) is 14.8 Å². The second-order valence-electron chi connectivity index (χ2n) is 8.48. The van der Waals surface area contributed by atoms with E-state index in [1.165, 1.54) is 6.92 Å². The number of pyridine rings is 2. The highest BCUT2D eigenvalue weighted by Gasteiger charge is 2.26. The molecule has 0 amide bonds. The Balaban J connectivity index is 1.66. The summed E-state index contributed by atoms with van der Waals surface area (Å²) in [5.41, 5.74) is 3.82. The fourth-order valence-electron chi connectivity index (χ4n) is 3.19. The van der Waals surface area contributed by atoms with Crippen LogP contribution in [0.4, 0.5) is 0 Å². The Hall–Kier alpha value is -3.07. The van der Waals surface area contributed by atoms with Crippen molar-refractivity contribution in [3.8, 4) is 17.1 Å². The molecule has 0 radical (unpaired) electrons. The Labute approximate surface area is 190 Å². The molecule has 0 fully saturated rings. The number of nitrogens with one attached hydrogen (secondary N) is 1. The predicted octanol–water partition coefficient (Wildman–Crippen LogP) is 4.24. The fourth-order valence-corrected chi connectivity index (χ4v) is 3.90. The molecule has 4 aromatic rings. The summed E-state index contributed by atoms with van der Waals surface area (Å²) in [6, 6.07) is 17.1. The van der Waals surface area contributed by atoms with E-state index >= 15 is 0 Å². The highest BCUT2D eigenvalue weighted by atomic mass is 32.2. The lowest BCUT2D eigenvalue weighted by atomic mass is 10.1. The summed E-state index contributed by atoms with van der Waals surface area (Å²) in [6.45, 7) is 7.70. The zero-order valence-electron chi connectivity index (χ0n) is 18.5. The summed E-state index contributed by atoms with van der Waals surface area (Å²) < 4.78 is 16.7. The first-order valence-corrected chi connectivity index (χ1v) is 11.5. The molecule has 0 aliphatic carbocycles. The number of carbonyl (C=O) groups excluding carboxylic acids is 1. The van der Waals surface area contributed by atoms with Gasteiger partial charge in [0.15, 0.2) is 11.6 Å². The van der Waals surface area contributed by atoms with Crippen molar-refractivity contribution in [3.05, 3.63) is 72.2 Å². The number of hydrogen-bond donors (Lipinski definition) is 1. The number of ketones is 1. The molecule has 0 spiro atoms. The van der Waals surface area contributed by atoms with E-state index in [1.54, 1.807) is 23.0 Å². The maximum Gasteiger partial charge on any atom is 0.178 e. The Morgan fingerprint density at radius 2 is 1.88 bits per heavy atom. The molecule has 8 heteroatoms. The molecule has 0 aliphatic heterocycles. The highest BCUT2D eigenvalue weighted by molar-refractivity contribution is 7.90. The van der Waals surface area contributed by atoms with Crippen molar-refractivity contribution in [2.45, 2.75) is 39.0 Å². The summed E-state index contributed by atoms with van der Waals surface area (Å²) in [5.74, 6) is 0.492. The van der Waals surface area contributed by atoms with Crippen molar-refractivity contribution >= 4 is 28.0 Å².